The van der Waals surface area contributed by atoms with Gasteiger partial charge < -0.3 is 14.5 Å². The van der Waals surface area contributed by atoms with Crippen molar-refractivity contribution in [2.24, 2.45) is 0 Å². The Balaban J connectivity index is 1.41. The number of aryl methyl sites for hydroxylation is 2. The maximum absolute atomic E-state index is 12.0. The maximum Gasteiger partial charge on any atom is 0.348 e. The van der Waals surface area contributed by atoms with Crippen LogP contribution in [0.3, 0.4) is 0 Å². The molecule has 8 heteroatoms. The van der Waals surface area contributed by atoms with Gasteiger partial charge in [0, 0.05) is 4.88 Å². The molecule has 0 aliphatic heterocycles. The van der Waals surface area contributed by atoms with Crippen molar-refractivity contribution in [3.05, 3.63) is 45.5 Å². The van der Waals surface area contributed by atoms with E-state index in [0.717, 1.165) is 25.7 Å². The van der Waals surface area contributed by atoms with Gasteiger partial charge >= 0.3 is 12.0 Å². The van der Waals surface area contributed by atoms with Crippen molar-refractivity contribution in [1.29, 1.82) is 0 Å². The van der Waals surface area contributed by atoms with Crippen LogP contribution in [0.25, 0.3) is 0 Å². The van der Waals surface area contributed by atoms with Crippen LogP contribution in [-0.2, 0) is 28.9 Å². The highest BCUT2D eigenvalue weighted by Gasteiger charge is 2.19. The molecule has 0 bridgehead atoms. The van der Waals surface area contributed by atoms with E-state index in [0.29, 0.717) is 10.6 Å². The Labute approximate surface area is 148 Å². The summed E-state index contributed by atoms with van der Waals surface area (Å²) in [5.41, 5.74) is 1.20. The summed E-state index contributed by atoms with van der Waals surface area (Å²) < 4.78 is 10.0. The first-order valence-electron chi connectivity index (χ1n) is 8.00. The average molecular weight is 362 g/mol. The smallest absolute Gasteiger partial charge is 0.348 e. The molecule has 0 saturated heterocycles. The summed E-state index contributed by atoms with van der Waals surface area (Å²) in [5.74, 6) is -0.659. The number of rotatable bonds is 5. The van der Waals surface area contributed by atoms with Gasteiger partial charge in [0.2, 0.25) is 0 Å². The molecule has 1 aliphatic carbocycles. The summed E-state index contributed by atoms with van der Waals surface area (Å²) in [6.45, 7) is -0.345. The number of nitrogens with one attached hydrogen (secondary N) is 2. The van der Waals surface area contributed by atoms with Crippen molar-refractivity contribution >= 4 is 29.2 Å². The fourth-order valence-electron chi connectivity index (χ4n) is 2.58. The van der Waals surface area contributed by atoms with Crippen molar-refractivity contribution in [3.63, 3.8) is 0 Å². The molecule has 7 nitrogen and oxygen atoms in total. The van der Waals surface area contributed by atoms with Crippen molar-refractivity contribution in [2.75, 3.05) is 6.61 Å². The van der Waals surface area contributed by atoms with Crippen LogP contribution in [0.15, 0.2) is 28.9 Å². The van der Waals surface area contributed by atoms with Gasteiger partial charge in [-0.15, -0.1) is 11.3 Å². The van der Waals surface area contributed by atoms with E-state index >= 15 is 0 Å². The first kappa shape index (κ1) is 17.2. The molecule has 0 unspecified atom stereocenters. The molecule has 3 rings (SSSR count). The lowest BCUT2D eigenvalue weighted by Crippen LogP contribution is -2.41. The number of thiophene rings is 1. The third kappa shape index (κ3) is 4.69. The minimum absolute atomic E-state index is 0.159. The van der Waals surface area contributed by atoms with Gasteiger partial charge in [0.15, 0.2) is 6.61 Å². The molecule has 25 heavy (non-hydrogen) atoms. The lowest BCUT2D eigenvalue weighted by molar-refractivity contribution is -0.123. The number of urea groups is 1. The summed E-state index contributed by atoms with van der Waals surface area (Å²) in [6.07, 6.45) is 5.73. The largest absolute Gasteiger partial charge is 0.467 e. The van der Waals surface area contributed by atoms with Crippen LogP contribution < -0.4 is 10.6 Å². The summed E-state index contributed by atoms with van der Waals surface area (Å²) in [4.78, 5) is 37.0. The molecule has 0 atom stereocenters. The topological polar surface area (TPSA) is 97.6 Å². The zero-order valence-corrected chi connectivity index (χ0v) is 14.3. The van der Waals surface area contributed by atoms with Crippen molar-refractivity contribution in [1.82, 2.24) is 10.6 Å². The number of amides is 3. The fraction of sp³-hybridized carbons (Fsp3) is 0.353. The highest BCUT2D eigenvalue weighted by atomic mass is 32.1. The van der Waals surface area contributed by atoms with Gasteiger partial charge in [0.25, 0.3) is 5.91 Å². The van der Waals surface area contributed by atoms with Crippen LogP contribution >= 0.6 is 11.3 Å². The molecule has 2 heterocycles. The Morgan fingerprint density at radius 3 is 2.84 bits per heavy atom. The van der Waals surface area contributed by atoms with Crippen LogP contribution in [0.4, 0.5) is 4.79 Å². The van der Waals surface area contributed by atoms with E-state index in [1.54, 1.807) is 12.1 Å². The molecule has 2 N–H and O–H groups in total. The third-order valence-corrected chi connectivity index (χ3v) is 5.01. The monoisotopic (exact) mass is 362 g/mol. The number of hydrogen-bond acceptors (Lipinski definition) is 6. The highest BCUT2D eigenvalue weighted by molar-refractivity contribution is 7.14. The molecule has 0 aromatic carbocycles. The number of carbonyl (C=O) groups is 3. The summed E-state index contributed by atoms with van der Waals surface area (Å²) in [5, 5.41) is 4.56. The molecule has 0 radical (unpaired) electrons. The van der Waals surface area contributed by atoms with Gasteiger partial charge in [0.05, 0.1) is 12.8 Å². The first-order chi connectivity index (χ1) is 12.1. The zero-order valence-electron chi connectivity index (χ0n) is 13.5. The van der Waals surface area contributed by atoms with Crippen molar-refractivity contribution in [3.8, 4) is 0 Å². The summed E-state index contributed by atoms with van der Waals surface area (Å²) >= 11 is 1.42. The van der Waals surface area contributed by atoms with Crippen LogP contribution in [0, 0.1) is 0 Å². The van der Waals surface area contributed by atoms with E-state index in [9.17, 15) is 14.4 Å². The molecular formula is C17H18N2O5S. The lowest BCUT2D eigenvalue weighted by Gasteiger charge is -2.08. The van der Waals surface area contributed by atoms with Gasteiger partial charge in [-0.25, -0.2) is 9.59 Å². The summed E-state index contributed by atoms with van der Waals surface area (Å²) in [6, 6.07) is 4.56. The number of furan rings is 1. The molecule has 2 aromatic rings. The van der Waals surface area contributed by atoms with Crippen LogP contribution in [0.1, 0.15) is 38.7 Å². The Hall–Kier alpha value is -2.61. The van der Waals surface area contributed by atoms with E-state index < -0.39 is 24.5 Å². The van der Waals surface area contributed by atoms with Gasteiger partial charge in [-0.1, -0.05) is 0 Å². The Bertz CT molecular complexity index is 743. The number of imide groups is 1. The first-order valence-corrected chi connectivity index (χ1v) is 8.82. The predicted molar refractivity (Wildman–Crippen MR) is 90.3 cm³/mol. The molecule has 2 aromatic heterocycles. The second kappa shape index (κ2) is 7.98. The molecule has 0 spiro atoms. The standard InChI is InChI=1S/C17H18N2O5S/c20-15(19-17(22)18-9-12-5-3-7-23-12)10-24-16(21)14-8-11-4-1-2-6-13(11)25-14/h3,5,7-8H,1-2,4,6,9-10H2,(H2,18,19,20,22). The Kier molecular flexibility index (Phi) is 5.49. The lowest BCUT2D eigenvalue weighted by atomic mass is 9.99. The minimum atomic E-state index is -0.688. The quantitative estimate of drug-likeness (QED) is 0.796. The highest BCUT2D eigenvalue weighted by Crippen LogP contribution is 2.29. The molecule has 0 saturated carbocycles. The van der Waals surface area contributed by atoms with Crippen LogP contribution in [-0.4, -0.2) is 24.5 Å². The van der Waals surface area contributed by atoms with Gasteiger partial charge in [-0.3, -0.25) is 10.1 Å². The molecule has 1 aliphatic rings. The zero-order chi connectivity index (χ0) is 17.6. The van der Waals surface area contributed by atoms with Crippen molar-refractivity contribution < 1.29 is 23.5 Å². The number of ether oxygens (including phenoxy) is 1. The second-order valence-electron chi connectivity index (χ2n) is 5.65. The second-order valence-corrected chi connectivity index (χ2v) is 6.79. The average Bonchev–Trinajstić information content (AvgIpc) is 3.26. The van der Waals surface area contributed by atoms with E-state index in [1.807, 2.05) is 6.07 Å². The summed E-state index contributed by atoms with van der Waals surface area (Å²) in [7, 11) is 0. The third-order valence-electron chi connectivity index (χ3n) is 3.79. The molecule has 3 amide bonds. The van der Waals surface area contributed by atoms with E-state index in [1.165, 1.54) is 28.0 Å². The van der Waals surface area contributed by atoms with E-state index in [4.69, 9.17) is 9.15 Å². The number of hydrogen-bond donors (Lipinski definition) is 2. The number of carbonyl (C=O) groups excluding carboxylic acids is 3. The van der Waals surface area contributed by atoms with Gasteiger partial charge in [-0.2, -0.15) is 0 Å². The van der Waals surface area contributed by atoms with Crippen LogP contribution in [0.5, 0.6) is 0 Å². The minimum Gasteiger partial charge on any atom is -0.467 e. The van der Waals surface area contributed by atoms with E-state index in [-0.39, 0.29) is 6.54 Å². The Morgan fingerprint density at radius 1 is 1.24 bits per heavy atom. The number of esters is 1. The normalized spacial score (nSPS) is 13.0. The van der Waals surface area contributed by atoms with Gasteiger partial charge in [0.1, 0.15) is 10.6 Å². The molecule has 132 valence electrons. The van der Waals surface area contributed by atoms with E-state index in [2.05, 4.69) is 10.6 Å². The predicted octanol–water partition coefficient (Wildman–Crippen LogP) is 2.40. The molecule has 0 fully saturated rings. The van der Waals surface area contributed by atoms with Crippen molar-refractivity contribution in [2.45, 2.75) is 32.2 Å². The molecular weight excluding hydrogens is 344 g/mol. The Morgan fingerprint density at radius 2 is 2.08 bits per heavy atom. The fourth-order valence-corrected chi connectivity index (χ4v) is 3.73. The van der Waals surface area contributed by atoms with Gasteiger partial charge in [-0.05, 0) is 49.4 Å². The number of fused-ring (bicyclic) bond motifs is 1. The van der Waals surface area contributed by atoms with Crippen LogP contribution in [0.2, 0.25) is 0 Å². The SMILES string of the molecule is O=C(COC(=O)c1cc2c(s1)CCCC2)NC(=O)NCc1ccco1. The maximum atomic E-state index is 12.0.